The van der Waals surface area contributed by atoms with Gasteiger partial charge in [-0.05, 0) is 25.5 Å². The van der Waals surface area contributed by atoms with E-state index in [1.807, 2.05) is 17.9 Å². The molecule has 1 atom stereocenters. The molecule has 0 amide bonds. The fraction of sp³-hybridized carbons (Fsp3) is 0.750. The van der Waals surface area contributed by atoms with Crippen molar-refractivity contribution in [1.29, 1.82) is 0 Å². The molecule has 2 rings (SSSR count). The van der Waals surface area contributed by atoms with Crippen LogP contribution in [-0.2, 0) is 13.6 Å². The van der Waals surface area contributed by atoms with Gasteiger partial charge < -0.3 is 5.32 Å². The van der Waals surface area contributed by atoms with Gasteiger partial charge in [0.1, 0.15) is 0 Å². The highest BCUT2D eigenvalue weighted by molar-refractivity contribution is 4.99. The maximum absolute atomic E-state index is 4.42. The molecule has 1 aromatic rings. The van der Waals surface area contributed by atoms with Crippen molar-refractivity contribution >= 4 is 0 Å². The number of aromatic nitrogens is 2. The van der Waals surface area contributed by atoms with Crippen LogP contribution in [0.2, 0.25) is 0 Å². The van der Waals surface area contributed by atoms with Gasteiger partial charge in [-0.3, -0.25) is 9.58 Å². The topological polar surface area (TPSA) is 33.1 Å². The van der Waals surface area contributed by atoms with Crippen LogP contribution in [0.1, 0.15) is 25.5 Å². The summed E-state index contributed by atoms with van der Waals surface area (Å²) in [6.07, 6.45) is 4.50. The van der Waals surface area contributed by atoms with Gasteiger partial charge in [-0.1, -0.05) is 6.92 Å². The van der Waals surface area contributed by atoms with Gasteiger partial charge in [0.2, 0.25) is 0 Å². The Labute approximate surface area is 97.6 Å². The summed E-state index contributed by atoms with van der Waals surface area (Å²) >= 11 is 0. The van der Waals surface area contributed by atoms with Gasteiger partial charge in [-0.15, -0.1) is 0 Å². The second kappa shape index (κ2) is 5.46. The van der Waals surface area contributed by atoms with Crippen LogP contribution in [0.4, 0.5) is 0 Å². The molecule has 1 N–H and O–H groups in total. The fourth-order valence-corrected chi connectivity index (χ4v) is 2.27. The van der Waals surface area contributed by atoms with E-state index in [1.165, 1.54) is 25.1 Å². The van der Waals surface area contributed by atoms with Gasteiger partial charge in [0.15, 0.2) is 0 Å². The Kier molecular flexibility index (Phi) is 3.96. The number of hydrogen-bond acceptors (Lipinski definition) is 3. The third-order valence-corrected chi connectivity index (χ3v) is 3.11. The molecule has 4 heteroatoms. The molecule has 0 spiro atoms. The molecule has 0 saturated carbocycles. The predicted molar refractivity (Wildman–Crippen MR) is 65.2 cm³/mol. The maximum atomic E-state index is 4.42. The largest absolute Gasteiger partial charge is 0.313 e. The monoisotopic (exact) mass is 222 g/mol. The minimum absolute atomic E-state index is 0.684. The Bertz CT molecular complexity index is 321. The van der Waals surface area contributed by atoms with Crippen molar-refractivity contribution in [2.45, 2.75) is 32.4 Å². The molecule has 0 bridgehead atoms. The van der Waals surface area contributed by atoms with Gasteiger partial charge in [0.05, 0.1) is 5.69 Å². The number of hydrogen-bond donors (Lipinski definition) is 1. The number of nitrogens with zero attached hydrogens (tertiary/aromatic N) is 3. The van der Waals surface area contributed by atoms with E-state index in [2.05, 4.69) is 28.3 Å². The summed E-state index contributed by atoms with van der Waals surface area (Å²) in [5.74, 6) is 0. The van der Waals surface area contributed by atoms with Gasteiger partial charge in [-0.2, -0.15) is 5.10 Å². The Hall–Kier alpha value is -0.870. The maximum Gasteiger partial charge on any atom is 0.0764 e. The number of likely N-dealkylation sites (tertiary alicyclic amines) is 1. The minimum Gasteiger partial charge on any atom is -0.313 e. The van der Waals surface area contributed by atoms with Crippen LogP contribution >= 0.6 is 0 Å². The first-order valence-electron chi connectivity index (χ1n) is 6.22. The lowest BCUT2D eigenvalue weighted by molar-refractivity contribution is 0.315. The van der Waals surface area contributed by atoms with Gasteiger partial charge in [0.25, 0.3) is 0 Å². The van der Waals surface area contributed by atoms with E-state index >= 15 is 0 Å². The van der Waals surface area contributed by atoms with Crippen molar-refractivity contribution in [1.82, 2.24) is 20.0 Å². The summed E-state index contributed by atoms with van der Waals surface area (Å²) in [5, 5.41) is 8.00. The molecule has 1 aromatic heterocycles. The summed E-state index contributed by atoms with van der Waals surface area (Å²) in [7, 11) is 1.97. The zero-order valence-electron chi connectivity index (χ0n) is 10.3. The average Bonchev–Trinajstić information content (AvgIpc) is 2.86. The lowest BCUT2D eigenvalue weighted by atomic mass is 10.2. The van der Waals surface area contributed by atoms with E-state index in [0.717, 1.165) is 19.6 Å². The van der Waals surface area contributed by atoms with Crippen LogP contribution < -0.4 is 5.32 Å². The van der Waals surface area contributed by atoms with Crippen molar-refractivity contribution < 1.29 is 0 Å². The molecule has 0 aliphatic carbocycles. The van der Waals surface area contributed by atoms with Crippen LogP contribution in [0.25, 0.3) is 0 Å². The summed E-state index contributed by atoms with van der Waals surface area (Å²) in [4.78, 5) is 2.48. The zero-order valence-corrected chi connectivity index (χ0v) is 10.3. The lowest BCUT2D eigenvalue weighted by Crippen LogP contribution is -2.32. The second-order valence-corrected chi connectivity index (χ2v) is 4.66. The highest BCUT2D eigenvalue weighted by Gasteiger charge is 2.21. The normalized spacial score (nSPS) is 21.8. The standard InChI is InChI=1S/C12H22N4/c1-3-6-13-11-5-8-16(9-11)10-12-4-7-15(2)14-12/h4,7,11,13H,3,5-6,8-10H2,1-2H3. The third-order valence-electron chi connectivity index (χ3n) is 3.11. The van der Waals surface area contributed by atoms with E-state index in [1.54, 1.807) is 0 Å². The number of aryl methyl sites for hydroxylation is 1. The first-order chi connectivity index (χ1) is 7.78. The average molecular weight is 222 g/mol. The highest BCUT2D eigenvalue weighted by atomic mass is 15.3. The second-order valence-electron chi connectivity index (χ2n) is 4.66. The predicted octanol–water partition coefficient (Wildman–Crippen LogP) is 0.994. The first kappa shape index (κ1) is 11.6. The van der Waals surface area contributed by atoms with Crippen molar-refractivity contribution in [3.63, 3.8) is 0 Å². The SMILES string of the molecule is CCCNC1CCN(Cc2ccn(C)n2)C1. The molecule has 0 aromatic carbocycles. The quantitative estimate of drug-likeness (QED) is 0.806. The van der Waals surface area contributed by atoms with Gasteiger partial charge >= 0.3 is 0 Å². The Morgan fingerprint density at radius 3 is 3.12 bits per heavy atom. The highest BCUT2D eigenvalue weighted by Crippen LogP contribution is 2.12. The Morgan fingerprint density at radius 2 is 2.44 bits per heavy atom. The van der Waals surface area contributed by atoms with Crippen LogP contribution in [-0.4, -0.2) is 40.4 Å². The Balaban J connectivity index is 1.76. The molecular formula is C12H22N4. The van der Waals surface area contributed by atoms with Crippen LogP contribution in [0.15, 0.2) is 12.3 Å². The molecular weight excluding hydrogens is 200 g/mol. The van der Waals surface area contributed by atoms with Crippen molar-refractivity contribution in [3.8, 4) is 0 Å². The van der Waals surface area contributed by atoms with Crippen LogP contribution in [0.5, 0.6) is 0 Å². The molecule has 1 aliphatic rings. The minimum atomic E-state index is 0.684. The van der Waals surface area contributed by atoms with E-state index in [-0.39, 0.29) is 0 Å². The van der Waals surface area contributed by atoms with Crippen LogP contribution in [0, 0.1) is 0 Å². The molecule has 1 saturated heterocycles. The molecule has 1 unspecified atom stereocenters. The molecule has 1 aliphatic heterocycles. The molecule has 1 fully saturated rings. The molecule has 16 heavy (non-hydrogen) atoms. The number of rotatable bonds is 5. The summed E-state index contributed by atoms with van der Waals surface area (Å²) in [6, 6.07) is 2.79. The van der Waals surface area contributed by atoms with E-state index < -0.39 is 0 Å². The molecule has 90 valence electrons. The fourth-order valence-electron chi connectivity index (χ4n) is 2.27. The molecule has 2 heterocycles. The first-order valence-corrected chi connectivity index (χ1v) is 6.22. The van der Waals surface area contributed by atoms with E-state index in [0.29, 0.717) is 6.04 Å². The summed E-state index contributed by atoms with van der Waals surface area (Å²) < 4.78 is 1.87. The van der Waals surface area contributed by atoms with Gasteiger partial charge in [0, 0.05) is 38.9 Å². The molecule has 0 radical (unpaired) electrons. The number of nitrogens with one attached hydrogen (secondary N) is 1. The van der Waals surface area contributed by atoms with Crippen molar-refractivity contribution in [2.24, 2.45) is 7.05 Å². The van der Waals surface area contributed by atoms with E-state index in [9.17, 15) is 0 Å². The summed E-state index contributed by atoms with van der Waals surface area (Å²) in [6.45, 7) is 6.70. The smallest absolute Gasteiger partial charge is 0.0764 e. The zero-order chi connectivity index (χ0) is 11.4. The Morgan fingerprint density at radius 1 is 1.56 bits per heavy atom. The van der Waals surface area contributed by atoms with Gasteiger partial charge in [-0.25, -0.2) is 0 Å². The third kappa shape index (κ3) is 3.06. The lowest BCUT2D eigenvalue weighted by Gasteiger charge is -2.15. The van der Waals surface area contributed by atoms with Crippen molar-refractivity contribution in [2.75, 3.05) is 19.6 Å². The van der Waals surface area contributed by atoms with Crippen molar-refractivity contribution in [3.05, 3.63) is 18.0 Å². The summed E-state index contributed by atoms with van der Waals surface area (Å²) in [5.41, 5.74) is 1.18. The van der Waals surface area contributed by atoms with E-state index in [4.69, 9.17) is 0 Å². The molecule has 4 nitrogen and oxygen atoms in total. The van der Waals surface area contributed by atoms with Crippen LogP contribution in [0.3, 0.4) is 0 Å².